The van der Waals surface area contributed by atoms with Gasteiger partial charge in [0.15, 0.2) is 0 Å². The molecule has 26 heavy (non-hydrogen) atoms. The number of hydrogen-bond donors (Lipinski definition) is 3. The molecule has 0 aromatic heterocycles. The number of nitrogens with one attached hydrogen (secondary N) is 1. The van der Waals surface area contributed by atoms with E-state index in [1.807, 2.05) is 54.6 Å². The van der Waals surface area contributed by atoms with Crippen molar-refractivity contribution in [2.24, 2.45) is 5.73 Å². The molecular weight excluding hydrogens is 340 g/mol. The molecule has 0 fully saturated rings. The molecule has 0 aliphatic rings. The van der Waals surface area contributed by atoms with Crippen molar-refractivity contribution in [2.75, 3.05) is 19.8 Å². The van der Waals surface area contributed by atoms with Gasteiger partial charge in [0.05, 0.1) is 13.2 Å². The van der Waals surface area contributed by atoms with E-state index >= 15 is 0 Å². The number of carbonyl (C=O) groups is 2. The van der Waals surface area contributed by atoms with Gasteiger partial charge in [-0.05, 0) is 43.3 Å². The summed E-state index contributed by atoms with van der Waals surface area (Å²) < 4.78 is 15.9. The number of alkyl carbamates (subject to hydrolysis) is 1. The number of primary amides is 1. The van der Waals surface area contributed by atoms with Crippen LogP contribution in [0.1, 0.15) is 6.92 Å². The molecule has 4 N–H and O–H groups in total. The van der Waals surface area contributed by atoms with Crippen LogP contribution in [-0.2, 0) is 4.74 Å². The van der Waals surface area contributed by atoms with E-state index in [2.05, 4.69) is 11.1 Å². The molecule has 0 saturated heterocycles. The van der Waals surface area contributed by atoms with Crippen LogP contribution in [0.3, 0.4) is 0 Å². The van der Waals surface area contributed by atoms with Gasteiger partial charge in [0.25, 0.3) is 0 Å². The predicted octanol–water partition coefficient (Wildman–Crippen LogP) is 3.23. The average Bonchev–Trinajstić information content (AvgIpc) is 2.61. The fourth-order valence-corrected chi connectivity index (χ4v) is 1.73. The summed E-state index contributed by atoms with van der Waals surface area (Å²) in [7, 11) is 0. The highest BCUT2D eigenvalue weighted by Crippen LogP contribution is 2.23. The molecule has 2 rings (SSSR count). The molecule has 0 aliphatic carbocycles. The number of nitrogens with two attached hydrogens (primary N) is 1. The van der Waals surface area contributed by atoms with Crippen LogP contribution in [0.25, 0.3) is 0 Å². The zero-order chi connectivity index (χ0) is 19.2. The predicted molar refractivity (Wildman–Crippen MR) is 95.7 cm³/mol. The number of carbonyl (C=O) groups excluding carboxylic acids is 1. The van der Waals surface area contributed by atoms with Gasteiger partial charge in [-0.1, -0.05) is 18.2 Å². The van der Waals surface area contributed by atoms with E-state index < -0.39 is 12.2 Å². The summed E-state index contributed by atoms with van der Waals surface area (Å²) in [4.78, 5) is 19.8. The van der Waals surface area contributed by atoms with Crippen molar-refractivity contribution in [1.29, 1.82) is 0 Å². The molecule has 0 radical (unpaired) electrons. The third kappa shape index (κ3) is 9.66. The van der Waals surface area contributed by atoms with Crippen molar-refractivity contribution < 1.29 is 28.9 Å². The maximum Gasteiger partial charge on any atom is 0.407 e. The number of para-hydroxylation sites is 1. The molecule has 2 amide bonds. The molecule has 0 spiro atoms. The van der Waals surface area contributed by atoms with E-state index in [4.69, 9.17) is 24.1 Å². The van der Waals surface area contributed by atoms with E-state index in [1.165, 1.54) is 0 Å². The first kappa shape index (κ1) is 20.6. The lowest BCUT2D eigenvalue weighted by molar-refractivity contribution is 0.150. The van der Waals surface area contributed by atoms with Crippen LogP contribution in [0.5, 0.6) is 17.2 Å². The second-order valence-electron chi connectivity index (χ2n) is 4.72. The standard InChI is InChI=1S/C17H19NO4.CH3NO2/c1-2-20-17(19)18-12-13-21-14-8-10-16(11-9-14)22-15-6-4-3-5-7-15;2-1(3)4/h3-11H,2,12-13H2,1H3,(H,18,19);2H2,(H,3,4). The van der Waals surface area contributed by atoms with Crippen molar-refractivity contribution in [1.82, 2.24) is 5.32 Å². The lowest BCUT2D eigenvalue weighted by Gasteiger charge is -2.09. The topological polar surface area (TPSA) is 120 Å². The molecule has 0 bridgehead atoms. The number of carboxylic acid groups (broad SMARTS) is 1. The molecule has 0 saturated carbocycles. The van der Waals surface area contributed by atoms with Crippen molar-refractivity contribution in [3.63, 3.8) is 0 Å². The molecule has 0 heterocycles. The van der Waals surface area contributed by atoms with E-state index in [0.29, 0.717) is 25.5 Å². The minimum absolute atomic E-state index is 0.357. The SMILES string of the molecule is CCOC(=O)NCCOc1ccc(Oc2ccccc2)cc1.NC(=O)O. The summed E-state index contributed by atoms with van der Waals surface area (Å²) in [6.45, 7) is 2.88. The quantitative estimate of drug-likeness (QED) is 0.650. The van der Waals surface area contributed by atoms with E-state index in [-0.39, 0.29) is 0 Å². The van der Waals surface area contributed by atoms with E-state index in [1.54, 1.807) is 6.92 Å². The highest BCUT2D eigenvalue weighted by Gasteiger charge is 2.00. The van der Waals surface area contributed by atoms with Crippen LogP contribution in [0.15, 0.2) is 54.6 Å². The number of amides is 2. The summed E-state index contributed by atoms with van der Waals surface area (Å²) in [6.07, 6.45) is -1.77. The zero-order valence-corrected chi connectivity index (χ0v) is 14.4. The van der Waals surface area contributed by atoms with Gasteiger partial charge in [-0.2, -0.15) is 0 Å². The first-order valence-corrected chi connectivity index (χ1v) is 7.86. The Bertz CT molecular complexity index is 657. The summed E-state index contributed by atoms with van der Waals surface area (Å²) in [5.41, 5.74) is 4.03. The lowest BCUT2D eigenvalue weighted by atomic mass is 10.3. The van der Waals surface area contributed by atoms with Crippen molar-refractivity contribution >= 4 is 12.2 Å². The third-order valence-corrected chi connectivity index (χ3v) is 2.72. The Balaban J connectivity index is 0.000000765. The van der Waals surface area contributed by atoms with Crippen LogP contribution < -0.4 is 20.5 Å². The molecule has 0 unspecified atom stereocenters. The summed E-state index contributed by atoms with van der Waals surface area (Å²) >= 11 is 0. The Hall–Kier alpha value is -3.42. The highest BCUT2D eigenvalue weighted by molar-refractivity contribution is 5.66. The van der Waals surface area contributed by atoms with E-state index in [9.17, 15) is 4.79 Å². The van der Waals surface area contributed by atoms with Gasteiger partial charge in [-0.25, -0.2) is 9.59 Å². The molecule has 8 nitrogen and oxygen atoms in total. The number of rotatable bonds is 7. The highest BCUT2D eigenvalue weighted by atomic mass is 16.5. The Morgan fingerprint density at radius 2 is 1.54 bits per heavy atom. The maximum atomic E-state index is 11.1. The minimum Gasteiger partial charge on any atom is -0.492 e. The summed E-state index contributed by atoms with van der Waals surface area (Å²) in [6, 6.07) is 16.9. The van der Waals surface area contributed by atoms with Crippen LogP contribution in [0, 0.1) is 0 Å². The molecular formula is C18H22N2O6. The summed E-state index contributed by atoms with van der Waals surface area (Å²) in [5, 5.41) is 9.78. The number of hydrogen-bond acceptors (Lipinski definition) is 5. The van der Waals surface area contributed by atoms with Gasteiger partial charge in [0.1, 0.15) is 23.9 Å². The lowest BCUT2D eigenvalue weighted by Crippen LogP contribution is -2.28. The van der Waals surface area contributed by atoms with Crippen LogP contribution >= 0.6 is 0 Å². The Morgan fingerprint density at radius 3 is 2.12 bits per heavy atom. The number of benzene rings is 2. The Labute approximate surface area is 151 Å². The minimum atomic E-state index is -1.33. The third-order valence-electron chi connectivity index (χ3n) is 2.72. The van der Waals surface area contributed by atoms with E-state index in [0.717, 1.165) is 11.5 Å². The fraction of sp³-hybridized carbons (Fsp3) is 0.222. The molecule has 0 aliphatic heterocycles. The second-order valence-corrected chi connectivity index (χ2v) is 4.72. The molecule has 140 valence electrons. The monoisotopic (exact) mass is 362 g/mol. The molecule has 0 atom stereocenters. The van der Waals surface area contributed by atoms with Gasteiger partial charge in [0, 0.05) is 0 Å². The van der Waals surface area contributed by atoms with Crippen molar-refractivity contribution in [3.8, 4) is 17.2 Å². The average molecular weight is 362 g/mol. The first-order valence-electron chi connectivity index (χ1n) is 7.86. The molecule has 2 aromatic rings. The van der Waals surface area contributed by atoms with Crippen molar-refractivity contribution in [2.45, 2.75) is 6.92 Å². The second kappa shape index (κ2) is 12.0. The van der Waals surface area contributed by atoms with Crippen LogP contribution in [0.2, 0.25) is 0 Å². The number of ether oxygens (including phenoxy) is 3. The molecule has 8 heteroatoms. The smallest absolute Gasteiger partial charge is 0.407 e. The Kier molecular flexibility index (Phi) is 9.53. The maximum absolute atomic E-state index is 11.1. The van der Waals surface area contributed by atoms with Gasteiger partial charge in [-0.15, -0.1) is 0 Å². The van der Waals surface area contributed by atoms with Crippen LogP contribution in [-0.4, -0.2) is 37.1 Å². The van der Waals surface area contributed by atoms with Gasteiger partial charge < -0.3 is 30.4 Å². The van der Waals surface area contributed by atoms with Gasteiger partial charge in [-0.3, -0.25) is 0 Å². The largest absolute Gasteiger partial charge is 0.492 e. The normalized spacial score (nSPS) is 9.27. The zero-order valence-electron chi connectivity index (χ0n) is 14.4. The van der Waals surface area contributed by atoms with Gasteiger partial charge >= 0.3 is 12.2 Å². The van der Waals surface area contributed by atoms with Gasteiger partial charge in [0.2, 0.25) is 0 Å². The summed E-state index contributed by atoms with van der Waals surface area (Å²) in [5.74, 6) is 2.24. The molecule has 2 aromatic carbocycles. The van der Waals surface area contributed by atoms with Crippen molar-refractivity contribution in [3.05, 3.63) is 54.6 Å². The van der Waals surface area contributed by atoms with Crippen LogP contribution in [0.4, 0.5) is 9.59 Å². The Morgan fingerprint density at radius 1 is 1.00 bits per heavy atom. The fourth-order valence-electron chi connectivity index (χ4n) is 1.73. The first-order chi connectivity index (χ1) is 12.5.